The number of rotatable bonds is 5. The molecular weight excluding hydrogens is 325 g/mol. The molecule has 0 saturated carbocycles. The second-order valence-corrected chi connectivity index (χ2v) is 4.22. The molecule has 11 heteroatoms. The predicted octanol–water partition coefficient (Wildman–Crippen LogP) is 3.69. The van der Waals surface area contributed by atoms with Crippen molar-refractivity contribution in [2.75, 3.05) is 0 Å². The SMILES string of the molecule is O=[N+]([O-])c1ccc(COc2ccc(C(F)(F)F)cc2[N+](=O)[O-])o1. The maximum atomic E-state index is 12.5. The average Bonchev–Trinajstić information content (AvgIpc) is 2.92. The Kier molecular flexibility index (Phi) is 4.20. The van der Waals surface area contributed by atoms with Gasteiger partial charge in [0, 0.05) is 6.07 Å². The summed E-state index contributed by atoms with van der Waals surface area (Å²) >= 11 is 0. The summed E-state index contributed by atoms with van der Waals surface area (Å²) in [5.74, 6) is -0.974. The molecule has 2 rings (SSSR count). The smallest absolute Gasteiger partial charge is 0.433 e. The van der Waals surface area contributed by atoms with Crippen molar-refractivity contribution in [3.8, 4) is 5.75 Å². The maximum absolute atomic E-state index is 12.5. The molecule has 0 aliphatic heterocycles. The van der Waals surface area contributed by atoms with E-state index in [1.165, 1.54) is 6.07 Å². The lowest BCUT2D eigenvalue weighted by Gasteiger charge is -2.09. The van der Waals surface area contributed by atoms with Gasteiger partial charge < -0.3 is 9.15 Å². The summed E-state index contributed by atoms with van der Waals surface area (Å²) in [6.07, 6.45) is -4.73. The van der Waals surface area contributed by atoms with Crippen LogP contribution < -0.4 is 4.74 Å². The van der Waals surface area contributed by atoms with Crippen molar-refractivity contribution >= 4 is 11.6 Å². The molecule has 0 fully saturated rings. The summed E-state index contributed by atoms with van der Waals surface area (Å²) in [6.45, 7) is -0.417. The average molecular weight is 332 g/mol. The minimum absolute atomic E-state index is 0.00843. The minimum Gasteiger partial charge on any atom is -0.479 e. The van der Waals surface area contributed by atoms with E-state index >= 15 is 0 Å². The van der Waals surface area contributed by atoms with Gasteiger partial charge in [0.05, 0.1) is 16.6 Å². The molecule has 0 radical (unpaired) electrons. The second kappa shape index (κ2) is 5.94. The van der Waals surface area contributed by atoms with Crippen molar-refractivity contribution < 1.29 is 32.2 Å². The molecule has 0 aliphatic rings. The number of furan rings is 1. The van der Waals surface area contributed by atoms with E-state index in [0.29, 0.717) is 12.1 Å². The molecule has 1 aromatic carbocycles. The molecule has 0 bridgehead atoms. The number of ether oxygens (including phenoxy) is 1. The number of benzene rings is 1. The first kappa shape index (κ1) is 16.3. The van der Waals surface area contributed by atoms with Crippen LogP contribution in [0.1, 0.15) is 11.3 Å². The minimum atomic E-state index is -4.73. The lowest BCUT2D eigenvalue weighted by molar-refractivity contribution is -0.402. The first-order valence-electron chi connectivity index (χ1n) is 5.90. The Morgan fingerprint density at radius 2 is 1.78 bits per heavy atom. The standard InChI is InChI=1S/C12H7F3N2O6/c13-12(14,15)7-1-3-10(9(5-7)16(18)19)22-6-8-2-4-11(23-8)17(20)21/h1-5H,6H2. The quantitative estimate of drug-likeness (QED) is 0.610. The van der Waals surface area contributed by atoms with Crippen LogP contribution in [0.15, 0.2) is 34.7 Å². The predicted molar refractivity (Wildman–Crippen MR) is 67.8 cm³/mol. The van der Waals surface area contributed by atoms with Gasteiger partial charge in [0.1, 0.15) is 17.3 Å². The highest BCUT2D eigenvalue weighted by Gasteiger charge is 2.33. The Morgan fingerprint density at radius 3 is 2.30 bits per heavy atom. The fourth-order valence-electron chi connectivity index (χ4n) is 1.65. The summed E-state index contributed by atoms with van der Waals surface area (Å²) < 4.78 is 47.4. The van der Waals surface area contributed by atoms with Crippen LogP contribution in [0.25, 0.3) is 0 Å². The van der Waals surface area contributed by atoms with Crippen LogP contribution in [0.4, 0.5) is 24.7 Å². The van der Waals surface area contributed by atoms with Gasteiger partial charge in [0.15, 0.2) is 5.75 Å². The van der Waals surface area contributed by atoms with Gasteiger partial charge in [-0.15, -0.1) is 0 Å². The lowest BCUT2D eigenvalue weighted by atomic mass is 10.2. The summed E-state index contributed by atoms with van der Waals surface area (Å²) in [7, 11) is 0. The number of nitrogens with zero attached hydrogens (tertiary/aromatic N) is 2. The molecule has 2 aromatic rings. The van der Waals surface area contributed by atoms with Crippen molar-refractivity contribution in [1.29, 1.82) is 0 Å². The molecule has 0 saturated heterocycles. The zero-order valence-electron chi connectivity index (χ0n) is 11.1. The third-order valence-electron chi connectivity index (χ3n) is 2.68. The van der Waals surface area contributed by atoms with Gasteiger partial charge in [0.25, 0.3) is 0 Å². The van der Waals surface area contributed by atoms with Gasteiger partial charge in [-0.1, -0.05) is 0 Å². The van der Waals surface area contributed by atoms with Crippen LogP contribution in [0.5, 0.6) is 5.75 Å². The highest BCUT2D eigenvalue weighted by molar-refractivity contribution is 5.49. The number of hydrogen-bond acceptors (Lipinski definition) is 6. The molecule has 0 unspecified atom stereocenters. The summed E-state index contributed by atoms with van der Waals surface area (Å²) in [6, 6.07) is 4.05. The molecule has 0 N–H and O–H groups in total. The van der Waals surface area contributed by atoms with E-state index in [0.717, 1.165) is 12.1 Å². The van der Waals surface area contributed by atoms with Crippen molar-refractivity contribution in [2.24, 2.45) is 0 Å². The van der Waals surface area contributed by atoms with E-state index in [1.54, 1.807) is 0 Å². The van der Waals surface area contributed by atoms with Gasteiger partial charge in [-0.25, -0.2) is 0 Å². The first-order valence-corrected chi connectivity index (χ1v) is 5.90. The fourth-order valence-corrected chi connectivity index (χ4v) is 1.65. The van der Waals surface area contributed by atoms with Gasteiger partial charge in [-0.05, 0) is 18.2 Å². The Morgan fingerprint density at radius 1 is 1.09 bits per heavy atom. The summed E-state index contributed by atoms with van der Waals surface area (Å²) in [5.41, 5.74) is -2.06. The fraction of sp³-hybridized carbons (Fsp3) is 0.167. The van der Waals surface area contributed by atoms with E-state index in [1.807, 2.05) is 0 Å². The normalized spacial score (nSPS) is 11.3. The number of nitro benzene ring substituents is 1. The van der Waals surface area contributed by atoms with Crippen LogP contribution in [-0.2, 0) is 12.8 Å². The molecule has 0 amide bonds. The molecule has 122 valence electrons. The van der Waals surface area contributed by atoms with E-state index < -0.39 is 45.5 Å². The highest BCUT2D eigenvalue weighted by Crippen LogP contribution is 2.36. The van der Waals surface area contributed by atoms with Crippen molar-refractivity contribution in [3.63, 3.8) is 0 Å². The van der Waals surface area contributed by atoms with E-state index in [9.17, 15) is 33.4 Å². The maximum Gasteiger partial charge on any atom is 0.433 e. The zero-order chi connectivity index (χ0) is 17.2. The van der Waals surface area contributed by atoms with Crippen LogP contribution in [0.3, 0.4) is 0 Å². The topological polar surface area (TPSA) is 109 Å². The van der Waals surface area contributed by atoms with Gasteiger partial charge in [0.2, 0.25) is 0 Å². The van der Waals surface area contributed by atoms with Crippen LogP contribution >= 0.6 is 0 Å². The Hall–Kier alpha value is -3.11. The van der Waals surface area contributed by atoms with Crippen LogP contribution in [0.2, 0.25) is 0 Å². The molecule has 0 atom stereocenters. The number of alkyl halides is 3. The molecule has 1 aromatic heterocycles. The van der Waals surface area contributed by atoms with E-state index in [4.69, 9.17) is 9.15 Å². The first-order chi connectivity index (χ1) is 10.7. The number of hydrogen-bond donors (Lipinski definition) is 0. The molecule has 8 nitrogen and oxygen atoms in total. The Bertz CT molecular complexity index is 755. The summed E-state index contributed by atoms with van der Waals surface area (Å²) in [5, 5.41) is 21.3. The van der Waals surface area contributed by atoms with E-state index in [-0.39, 0.29) is 5.76 Å². The Labute approximate surface area is 125 Å². The van der Waals surface area contributed by atoms with Crippen molar-refractivity contribution in [3.05, 3.63) is 61.9 Å². The number of halogens is 3. The van der Waals surface area contributed by atoms with Gasteiger partial charge >= 0.3 is 17.7 Å². The molecule has 0 spiro atoms. The van der Waals surface area contributed by atoms with Gasteiger partial charge in [-0.3, -0.25) is 20.2 Å². The molecule has 23 heavy (non-hydrogen) atoms. The molecule has 1 heterocycles. The number of nitro groups is 2. The molecular formula is C12H7F3N2O6. The highest BCUT2D eigenvalue weighted by atomic mass is 19.4. The van der Waals surface area contributed by atoms with Gasteiger partial charge in [-0.2, -0.15) is 13.2 Å². The second-order valence-electron chi connectivity index (χ2n) is 4.22. The third kappa shape index (κ3) is 3.75. The monoisotopic (exact) mass is 332 g/mol. The van der Waals surface area contributed by atoms with Crippen molar-refractivity contribution in [1.82, 2.24) is 0 Å². The molecule has 0 aliphatic carbocycles. The van der Waals surface area contributed by atoms with Crippen LogP contribution in [0, 0.1) is 20.2 Å². The lowest BCUT2D eigenvalue weighted by Crippen LogP contribution is -2.06. The zero-order valence-corrected chi connectivity index (χ0v) is 11.1. The van der Waals surface area contributed by atoms with Crippen molar-refractivity contribution in [2.45, 2.75) is 12.8 Å². The van der Waals surface area contributed by atoms with Crippen LogP contribution in [-0.4, -0.2) is 9.85 Å². The largest absolute Gasteiger partial charge is 0.479 e. The third-order valence-corrected chi connectivity index (χ3v) is 2.68. The summed E-state index contributed by atoms with van der Waals surface area (Å²) in [4.78, 5) is 19.5. The Balaban J connectivity index is 2.21. The van der Waals surface area contributed by atoms with E-state index in [2.05, 4.69) is 0 Å².